The molecule has 4 heterocycles. The zero-order valence-electron chi connectivity index (χ0n) is 19.2. The van der Waals surface area contributed by atoms with Crippen LogP contribution in [0.25, 0.3) is 17.0 Å². The predicted octanol–water partition coefficient (Wildman–Crippen LogP) is 2.01. The molecule has 0 radical (unpaired) electrons. The molecule has 2 aromatic heterocycles. The van der Waals surface area contributed by atoms with Gasteiger partial charge in [-0.1, -0.05) is 19.1 Å². The molecule has 0 spiro atoms. The molecule has 3 aromatic rings. The quantitative estimate of drug-likeness (QED) is 0.583. The van der Waals surface area contributed by atoms with E-state index in [0.29, 0.717) is 51.2 Å². The minimum absolute atomic E-state index is 0.0819. The molecule has 10 heteroatoms. The Balaban J connectivity index is 1.60. The number of aromatic nitrogens is 4. The summed E-state index contributed by atoms with van der Waals surface area (Å²) < 4.78 is 25.8. The summed E-state index contributed by atoms with van der Waals surface area (Å²) in [7, 11) is -1.01. The van der Waals surface area contributed by atoms with Crippen molar-refractivity contribution in [1.82, 2.24) is 19.5 Å². The third kappa shape index (κ3) is 4.11. The van der Waals surface area contributed by atoms with Crippen molar-refractivity contribution in [2.24, 2.45) is 0 Å². The standard InChI is InChI=1S/C23H30N6O3S/c1-14-11-31-9-8-28(14)22-18(10-15(2)33(30)17-12-32-13-17)21(24)26-23(27-22)29-16(3)25-19-6-4-5-7-20(19)29/h4-7,14-15,17H,8-13H2,1-3H3,(H2,24,26,27)/t14-,15+,33?/m1/s1. The molecule has 1 unspecified atom stereocenters. The van der Waals surface area contributed by atoms with Gasteiger partial charge >= 0.3 is 0 Å². The Hall–Kier alpha value is -2.56. The topological polar surface area (TPSA) is 108 Å². The summed E-state index contributed by atoms with van der Waals surface area (Å²) in [4.78, 5) is 16.6. The molecule has 0 amide bonds. The first-order valence-corrected chi connectivity index (χ1v) is 12.6. The SMILES string of the molecule is Cc1nc2ccccc2n1-c1nc(N)c(C[C@H](C)S(=O)C2COC2)c(N2CCOC[C@H]2C)n1. The Bertz CT molecular complexity index is 1190. The fraction of sp³-hybridized carbons (Fsp3) is 0.522. The van der Waals surface area contributed by atoms with Gasteiger partial charge in [0.1, 0.15) is 17.5 Å². The van der Waals surface area contributed by atoms with Gasteiger partial charge in [0.15, 0.2) is 0 Å². The third-order valence-corrected chi connectivity index (χ3v) is 8.29. The van der Waals surface area contributed by atoms with Crippen molar-refractivity contribution in [3.05, 3.63) is 35.7 Å². The molecule has 2 aliphatic heterocycles. The van der Waals surface area contributed by atoms with Crippen molar-refractivity contribution < 1.29 is 13.7 Å². The van der Waals surface area contributed by atoms with Gasteiger partial charge in [0.2, 0.25) is 5.95 Å². The number of benzene rings is 1. The minimum Gasteiger partial charge on any atom is -0.383 e. The van der Waals surface area contributed by atoms with E-state index in [0.717, 1.165) is 28.2 Å². The van der Waals surface area contributed by atoms with Crippen LogP contribution in [0.1, 0.15) is 25.2 Å². The van der Waals surface area contributed by atoms with Crippen LogP contribution in [0, 0.1) is 6.92 Å². The first kappa shape index (κ1) is 22.2. The summed E-state index contributed by atoms with van der Waals surface area (Å²) in [5.74, 6) is 2.50. The molecule has 9 nitrogen and oxygen atoms in total. The number of nitrogens with two attached hydrogens (primary N) is 1. The Labute approximate surface area is 195 Å². The number of ether oxygens (including phenoxy) is 2. The van der Waals surface area contributed by atoms with Gasteiger partial charge < -0.3 is 20.1 Å². The van der Waals surface area contributed by atoms with Crippen LogP contribution in [-0.2, 0) is 26.7 Å². The van der Waals surface area contributed by atoms with Gasteiger partial charge in [-0.15, -0.1) is 0 Å². The maximum absolute atomic E-state index is 12.9. The molecule has 2 fully saturated rings. The number of nitrogen functional groups attached to an aromatic ring is 1. The van der Waals surface area contributed by atoms with Gasteiger partial charge in [-0.05, 0) is 32.4 Å². The van der Waals surface area contributed by atoms with Crippen molar-refractivity contribution >= 4 is 33.5 Å². The summed E-state index contributed by atoms with van der Waals surface area (Å²) in [6.45, 7) is 9.12. The van der Waals surface area contributed by atoms with E-state index >= 15 is 0 Å². The zero-order valence-corrected chi connectivity index (χ0v) is 20.0. The van der Waals surface area contributed by atoms with Crippen LogP contribution in [0.2, 0.25) is 0 Å². The number of nitrogens with zero attached hydrogens (tertiary/aromatic N) is 5. The van der Waals surface area contributed by atoms with Gasteiger partial charge in [-0.25, -0.2) is 4.98 Å². The Morgan fingerprint density at radius 3 is 2.70 bits per heavy atom. The summed E-state index contributed by atoms with van der Waals surface area (Å²) in [6, 6.07) is 8.06. The number of aryl methyl sites for hydroxylation is 1. The normalized spacial score (nSPS) is 21.2. The molecule has 2 aliphatic rings. The van der Waals surface area contributed by atoms with E-state index in [1.54, 1.807) is 0 Å². The molecular formula is C23H30N6O3S. The van der Waals surface area contributed by atoms with E-state index in [4.69, 9.17) is 25.2 Å². The number of anilines is 2. The van der Waals surface area contributed by atoms with Gasteiger partial charge in [0, 0.05) is 28.2 Å². The van der Waals surface area contributed by atoms with E-state index in [1.165, 1.54) is 0 Å². The fourth-order valence-corrected chi connectivity index (χ4v) is 5.95. The van der Waals surface area contributed by atoms with Crippen LogP contribution >= 0.6 is 0 Å². The molecule has 2 saturated heterocycles. The number of hydrogen-bond donors (Lipinski definition) is 1. The van der Waals surface area contributed by atoms with Crippen LogP contribution in [0.3, 0.4) is 0 Å². The Morgan fingerprint density at radius 2 is 1.97 bits per heavy atom. The van der Waals surface area contributed by atoms with Crippen LogP contribution in [0.4, 0.5) is 11.6 Å². The zero-order chi connectivity index (χ0) is 23.1. The summed E-state index contributed by atoms with van der Waals surface area (Å²) in [5, 5.41) is 0.00805. The Kier molecular flexibility index (Phi) is 6.07. The molecular weight excluding hydrogens is 440 g/mol. The highest BCUT2D eigenvalue weighted by molar-refractivity contribution is 7.86. The lowest BCUT2D eigenvalue weighted by Crippen LogP contribution is -2.45. The van der Waals surface area contributed by atoms with E-state index < -0.39 is 10.8 Å². The number of para-hydroxylation sites is 2. The van der Waals surface area contributed by atoms with E-state index in [-0.39, 0.29) is 16.5 Å². The van der Waals surface area contributed by atoms with Gasteiger partial charge in [0.25, 0.3) is 0 Å². The van der Waals surface area contributed by atoms with E-state index in [2.05, 4.69) is 16.8 Å². The van der Waals surface area contributed by atoms with E-state index in [9.17, 15) is 4.21 Å². The smallest absolute Gasteiger partial charge is 0.239 e. The molecule has 176 valence electrons. The first-order chi connectivity index (χ1) is 15.9. The molecule has 0 saturated carbocycles. The first-order valence-electron chi connectivity index (χ1n) is 11.4. The summed E-state index contributed by atoms with van der Waals surface area (Å²) >= 11 is 0. The largest absolute Gasteiger partial charge is 0.383 e. The van der Waals surface area contributed by atoms with Crippen LogP contribution in [0.15, 0.2) is 24.3 Å². The highest BCUT2D eigenvalue weighted by Gasteiger charge is 2.32. The van der Waals surface area contributed by atoms with Crippen LogP contribution in [-0.4, -0.2) is 73.2 Å². The highest BCUT2D eigenvalue weighted by Crippen LogP contribution is 2.31. The Morgan fingerprint density at radius 1 is 1.18 bits per heavy atom. The lowest BCUT2D eigenvalue weighted by molar-refractivity contribution is 0.0432. The number of fused-ring (bicyclic) bond motifs is 1. The number of rotatable bonds is 6. The number of imidazole rings is 1. The lowest BCUT2D eigenvalue weighted by atomic mass is 10.1. The molecule has 0 bridgehead atoms. The van der Waals surface area contributed by atoms with Crippen LogP contribution < -0.4 is 10.6 Å². The molecule has 0 aliphatic carbocycles. The minimum atomic E-state index is -1.01. The predicted molar refractivity (Wildman–Crippen MR) is 129 cm³/mol. The summed E-state index contributed by atoms with van der Waals surface area (Å²) in [5.41, 5.74) is 9.24. The van der Waals surface area contributed by atoms with E-state index in [1.807, 2.05) is 42.7 Å². The average Bonchev–Trinajstić information content (AvgIpc) is 3.09. The number of hydrogen-bond acceptors (Lipinski definition) is 8. The van der Waals surface area contributed by atoms with Crippen molar-refractivity contribution in [1.29, 1.82) is 0 Å². The second kappa shape index (κ2) is 9.00. The fourth-order valence-electron chi connectivity index (χ4n) is 4.50. The maximum atomic E-state index is 12.9. The maximum Gasteiger partial charge on any atom is 0.239 e. The molecule has 3 atom stereocenters. The second-order valence-corrected chi connectivity index (χ2v) is 10.9. The van der Waals surface area contributed by atoms with Crippen molar-refractivity contribution in [3.8, 4) is 5.95 Å². The number of morpholine rings is 1. The lowest BCUT2D eigenvalue weighted by Gasteiger charge is -2.36. The van der Waals surface area contributed by atoms with Gasteiger partial charge in [0.05, 0.1) is 48.8 Å². The monoisotopic (exact) mass is 470 g/mol. The third-order valence-electron chi connectivity index (χ3n) is 6.40. The molecule has 5 rings (SSSR count). The average molecular weight is 471 g/mol. The van der Waals surface area contributed by atoms with Gasteiger partial charge in [-0.2, -0.15) is 9.97 Å². The highest BCUT2D eigenvalue weighted by atomic mass is 32.2. The summed E-state index contributed by atoms with van der Waals surface area (Å²) in [6.07, 6.45) is 0.540. The van der Waals surface area contributed by atoms with Crippen molar-refractivity contribution in [2.45, 2.75) is 43.7 Å². The molecule has 1 aromatic carbocycles. The van der Waals surface area contributed by atoms with Crippen molar-refractivity contribution in [2.75, 3.05) is 43.6 Å². The van der Waals surface area contributed by atoms with Crippen LogP contribution in [0.5, 0.6) is 0 Å². The van der Waals surface area contributed by atoms with Gasteiger partial charge in [-0.3, -0.25) is 8.78 Å². The van der Waals surface area contributed by atoms with Crippen molar-refractivity contribution in [3.63, 3.8) is 0 Å². The molecule has 33 heavy (non-hydrogen) atoms. The molecule has 2 N–H and O–H groups in total. The second-order valence-electron chi connectivity index (χ2n) is 8.81.